The van der Waals surface area contributed by atoms with E-state index in [4.69, 9.17) is 9.47 Å². The molecule has 4 nitrogen and oxygen atoms in total. The Hall–Kier alpha value is -2.62. The van der Waals surface area contributed by atoms with Crippen molar-refractivity contribution in [3.05, 3.63) is 54.1 Å². The molecule has 0 aliphatic carbocycles. The molecule has 0 saturated heterocycles. The highest BCUT2D eigenvalue weighted by Crippen LogP contribution is 2.22. The maximum absolute atomic E-state index is 11.8. The number of ether oxygens (including phenoxy) is 2. The lowest BCUT2D eigenvalue weighted by molar-refractivity contribution is -0.146. The highest BCUT2D eigenvalue weighted by Gasteiger charge is 2.15. The van der Waals surface area contributed by atoms with Crippen molar-refractivity contribution in [2.45, 2.75) is 39.2 Å². The summed E-state index contributed by atoms with van der Waals surface area (Å²) < 4.78 is 11.3. The summed E-state index contributed by atoms with van der Waals surface area (Å²) in [6, 6.07) is 11.2. The van der Waals surface area contributed by atoms with Gasteiger partial charge in [0.2, 0.25) is 0 Å². The maximum atomic E-state index is 11.8. The molecule has 0 aliphatic heterocycles. The highest BCUT2D eigenvalue weighted by atomic mass is 16.6. The minimum atomic E-state index is -0.385. The molecule has 0 aliphatic rings. The van der Waals surface area contributed by atoms with Crippen molar-refractivity contribution in [3.8, 4) is 5.75 Å². The van der Waals surface area contributed by atoms with E-state index in [2.05, 4.69) is 13.5 Å². The molecule has 1 unspecified atom stereocenters. The van der Waals surface area contributed by atoms with Crippen LogP contribution < -0.4 is 4.74 Å². The van der Waals surface area contributed by atoms with E-state index in [0.29, 0.717) is 23.5 Å². The maximum Gasteiger partial charge on any atom is 0.333 e. The molecule has 0 spiro atoms. The van der Waals surface area contributed by atoms with Gasteiger partial charge >= 0.3 is 5.97 Å². The molecule has 2 aromatic rings. The summed E-state index contributed by atoms with van der Waals surface area (Å²) in [7, 11) is 0. The van der Waals surface area contributed by atoms with E-state index in [1.54, 1.807) is 13.0 Å². The van der Waals surface area contributed by atoms with Crippen molar-refractivity contribution in [2.75, 3.05) is 6.61 Å². The second kappa shape index (κ2) is 9.02. The van der Waals surface area contributed by atoms with E-state index in [1.165, 1.54) is 0 Å². The van der Waals surface area contributed by atoms with Gasteiger partial charge in [-0.3, -0.25) is 4.79 Å². The van der Waals surface area contributed by atoms with Crippen LogP contribution in [-0.4, -0.2) is 25.0 Å². The second-order valence-electron chi connectivity index (χ2n) is 6.15. The molecule has 2 aromatic carbocycles. The lowest BCUT2D eigenvalue weighted by Gasteiger charge is -2.18. The zero-order chi connectivity index (χ0) is 18.2. The van der Waals surface area contributed by atoms with Crippen LogP contribution >= 0.6 is 0 Å². The van der Waals surface area contributed by atoms with E-state index in [0.717, 1.165) is 36.3 Å². The fourth-order valence-corrected chi connectivity index (χ4v) is 2.45. The molecule has 0 N–H and O–H groups in total. The Kier molecular flexibility index (Phi) is 6.75. The molecule has 132 valence electrons. The van der Waals surface area contributed by atoms with Crippen LogP contribution in [0.15, 0.2) is 48.6 Å². The first kappa shape index (κ1) is 18.7. The van der Waals surface area contributed by atoms with Crippen LogP contribution in [0.1, 0.15) is 43.5 Å². The van der Waals surface area contributed by atoms with Gasteiger partial charge in [0.15, 0.2) is 0 Å². The molecule has 25 heavy (non-hydrogen) atoms. The molecule has 4 heteroatoms. The van der Waals surface area contributed by atoms with Gasteiger partial charge in [-0.1, -0.05) is 38.1 Å². The predicted molar refractivity (Wildman–Crippen MR) is 99.0 cm³/mol. The standard InChI is InChI=1S/C21H24O4/c1-4-5-6-20(25-21(23)15(2)3)14-24-19-10-9-17-11-16(13-22)7-8-18(17)12-19/h7-13,20H,2,4-6,14H2,1,3H3. The fraction of sp³-hybridized carbons (Fsp3) is 0.333. The zero-order valence-corrected chi connectivity index (χ0v) is 14.8. The van der Waals surface area contributed by atoms with Crippen molar-refractivity contribution >= 4 is 23.0 Å². The van der Waals surface area contributed by atoms with Gasteiger partial charge in [0.1, 0.15) is 24.7 Å². The third kappa shape index (κ3) is 5.45. The number of hydrogen-bond donors (Lipinski definition) is 0. The first-order valence-corrected chi connectivity index (χ1v) is 8.51. The number of aldehydes is 1. The second-order valence-corrected chi connectivity index (χ2v) is 6.15. The normalized spacial score (nSPS) is 11.8. The molecule has 0 radical (unpaired) electrons. The van der Waals surface area contributed by atoms with Gasteiger partial charge in [-0.25, -0.2) is 4.79 Å². The quantitative estimate of drug-likeness (QED) is 0.377. The van der Waals surface area contributed by atoms with Gasteiger partial charge in [0, 0.05) is 11.1 Å². The van der Waals surface area contributed by atoms with Crippen LogP contribution in [0.3, 0.4) is 0 Å². The Bertz CT molecular complexity index is 764. The number of fused-ring (bicyclic) bond motifs is 1. The molecule has 1 atom stereocenters. The van der Waals surface area contributed by atoms with E-state index >= 15 is 0 Å². The van der Waals surface area contributed by atoms with Crippen LogP contribution in [0.2, 0.25) is 0 Å². The Balaban J connectivity index is 2.05. The van der Waals surface area contributed by atoms with Gasteiger partial charge in [-0.15, -0.1) is 0 Å². The summed E-state index contributed by atoms with van der Waals surface area (Å²) in [5.74, 6) is 0.323. The number of benzene rings is 2. The van der Waals surface area contributed by atoms with Crippen molar-refractivity contribution in [2.24, 2.45) is 0 Å². The number of carbonyl (C=O) groups is 2. The largest absolute Gasteiger partial charge is 0.490 e. The molecular weight excluding hydrogens is 316 g/mol. The van der Waals surface area contributed by atoms with Crippen molar-refractivity contribution < 1.29 is 19.1 Å². The smallest absolute Gasteiger partial charge is 0.333 e. The molecule has 2 rings (SSSR count). The lowest BCUT2D eigenvalue weighted by atomic mass is 10.1. The van der Waals surface area contributed by atoms with E-state index in [1.807, 2.05) is 30.3 Å². The van der Waals surface area contributed by atoms with Crippen LogP contribution in [0.25, 0.3) is 10.8 Å². The van der Waals surface area contributed by atoms with Crippen LogP contribution in [0.5, 0.6) is 5.75 Å². The Labute approximate surface area is 148 Å². The van der Waals surface area contributed by atoms with E-state index in [9.17, 15) is 9.59 Å². The molecule has 0 aromatic heterocycles. The topological polar surface area (TPSA) is 52.6 Å². The molecule has 0 saturated carbocycles. The summed E-state index contributed by atoms with van der Waals surface area (Å²) in [5, 5.41) is 1.97. The van der Waals surface area contributed by atoms with E-state index in [-0.39, 0.29) is 12.1 Å². The molecule has 0 heterocycles. The lowest BCUT2D eigenvalue weighted by Crippen LogP contribution is -2.25. The molecular formula is C21H24O4. The minimum absolute atomic E-state index is 0.294. The summed E-state index contributed by atoms with van der Waals surface area (Å²) in [6.07, 6.45) is 3.28. The van der Waals surface area contributed by atoms with Crippen LogP contribution in [0.4, 0.5) is 0 Å². The average molecular weight is 340 g/mol. The number of hydrogen-bond acceptors (Lipinski definition) is 4. The van der Waals surface area contributed by atoms with Crippen molar-refractivity contribution in [1.82, 2.24) is 0 Å². The minimum Gasteiger partial charge on any atom is -0.490 e. The first-order chi connectivity index (χ1) is 12.0. The van der Waals surface area contributed by atoms with Crippen molar-refractivity contribution in [1.29, 1.82) is 0 Å². The molecule has 0 bridgehead atoms. The Morgan fingerprint density at radius 3 is 2.60 bits per heavy atom. The fourth-order valence-electron chi connectivity index (χ4n) is 2.45. The SMILES string of the molecule is C=C(C)C(=O)OC(CCCC)COc1ccc2cc(C=O)ccc2c1. The summed E-state index contributed by atoms with van der Waals surface area (Å²) in [4.78, 5) is 22.6. The number of rotatable bonds is 9. The molecule has 0 amide bonds. The number of unbranched alkanes of at least 4 members (excludes halogenated alkanes) is 1. The third-order valence-electron chi connectivity index (χ3n) is 3.91. The Morgan fingerprint density at radius 2 is 1.92 bits per heavy atom. The predicted octanol–water partition coefficient (Wildman–Crippen LogP) is 4.71. The van der Waals surface area contributed by atoms with Crippen molar-refractivity contribution in [3.63, 3.8) is 0 Å². The first-order valence-electron chi connectivity index (χ1n) is 8.51. The summed E-state index contributed by atoms with van der Waals surface area (Å²) in [6.45, 7) is 7.65. The van der Waals surface area contributed by atoms with Gasteiger partial charge < -0.3 is 9.47 Å². The van der Waals surface area contributed by atoms with Gasteiger partial charge in [-0.05, 0) is 48.7 Å². The monoisotopic (exact) mass is 340 g/mol. The third-order valence-corrected chi connectivity index (χ3v) is 3.91. The Morgan fingerprint density at radius 1 is 1.20 bits per heavy atom. The van der Waals surface area contributed by atoms with E-state index < -0.39 is 0 Å². The average Bonchev–Trinajstić information content (AvgIpc) is 2.62. The van der Waals surface area contributed by atoms with Gasteiger partial charge in [-0.2, -0.15) is 0 Å². The number of carbonyl (C=O) groups excluding carboxylic acids is 2. The van der Waals surface area contributed by atoms with Crippen LogP contribution in [0, 0.1) is 0 Å². The summed E-state index contributed by atoms with van der Waals surface area (Å²) in [5.41, 5.74) is 1.03. The van der Waals surface area contributed by atoms with Crippen LogP contribution in [-0.2, 0) is 9.53 Å². The summed E-state index contributed by atoms with van der Waals surface area (Å²) >= 11 is 0. The zero-order valence-electron chi connectivity index (χ0n) is 14.8. The molecule has 0 fully saturated rings. The van der Waals surface area contributed by atoms with Gasteiger partial charge in [0.05, 0.1) is 0 Å². The van der Waals surface area contributed by atoms with Gasteiger partial charge in [0.25, 0.3) is 0 Å². The number of esters is 1. The highest BCUT2D eigenvalue weighted by molar-refractivity contribution is 5.89.